The van der Waals surface area contributed by atoms with Crippen LogP contribution >= 0.6 is 0 Å². The molecule has 100 valence electrons. The largest absolute Gasteiger partial charge is 0.299 e. The molecule has 3 unspecified atom stereocenters. The lowest BCUT2D eigenvalue weighted by Crippen LogP contribution is -2.55. The standard InChI is InChI=1S/C13H23N5/c1-10(2)12-5-4-11(3)8-13(12,9-14)16-6-7-17-18-15/h10-12,16H,4-8H2,1-3H3. The fraction of sp³-hybridized carbons (Fsp3) is 0.923. The highest BCUT2D eigenvalue weighted by Crippen LogP contribution is 2.40. The lowest BCUT2D eigenvalue weighted by Gasteiger charge is -2.44. The zero-order valence-corrected chi connectivity index (χ0v) is 11.6. The van der Waals surface area contributed by atoms with Crippen LogP contribution < -0.4 is 5.32 Å². The summed E-state index contributed by atoms with van der Waals surface area (Å²) in [5.74, 6) is 1.44. The van der Waals surface area contributed by atoms with Crippen LogP contribution in [0.3, 0.4) is 0 Å². The number of azide groups is 1. The Labute approximate surface area is 109 Å². The second kappa shape index (κ2) is 6.63. The Morgan fingerprint density at radius 3 is 2.83 bits per heavy atom. The number of nitrogens with zero attached hydrogens (tertiary/aromatic N) is 4. The topological polar surface area (TPSA) is 84.6 Å². The van der Waals surface area contributed by atoms with E-state index in [4.69, 9.17) is 5.53 Å². The molecule has 18 heavy (non-hydrogen) atoms. The average Bonchev–Trinajstić information content (AvgIpc) is 2.34. The number of rotatable bonds is 5. The predicted octanol–water partition coefficient (Wildman–Crippen LogP) is 3.24. The molecular weight excluding hydrogens is 226 g/mol. The van der Waals surface area contributed by atoms with Gasteiger partial charge in [0.15, 0.2) is 0 Å². The van der Waals surface area contributed by atoms with Crippen molar-refractivity contribution in [2.45, 2.75) is 45.6 Å². The van der Waals surface area contributed by atoms with E-state index < -0.39 is 5.54 Å². The molecular formula is C13H23N5. The quantitative estimate of drug-likeness (QED) is 0.351. The van der Waals surface area contributed by atoms with E-state index in [0.717, 1.165) is 12.8 Å². The van der Waals surface area contributed by atoms with Gasteiger partial charge in [-0.3, -0.25) is 5.32 Å². The van der Waals surface area contributed by atoms with Gasteiger partial charge in [0.05, 0.1) is 6.07 Å². The summed E-state index contributed by atoms with van der Waals surface area (Å²) < 4.78 is 0. The molecule has 0 saturated heterocycles. The fourth-order valence-electron chi connectivity index (χ4n) is 3.16. The Morgan fingerprint density at radius 1 is 1.56 bits per heavy atom. The second-order valence-corrected chi connectivity index (χ2v) is 5.70. The van der Waals surface area contributed by atoms with Crippen molar-refractivity contribution in [3.8, 4) is 6.07 Å². The number of nitriles is 1. The van der Waals surface area contributed by atoms with E-state index in [1.807, 2.05) is 0 Å². The summed E-state index contributed by atoms with van der Waals surface area (Å²) in [5, 5.41) is 16.5. The lowest BCUT2D eigenvalue weighted by molar-refractivity contribution is 0.120. The van der Waals surface area contributed by atoms with Crippen molar-refractivity contribution < 1.29 is 0 Å². The summed E-state index contributed by atoms with van der Waals surface area (Å²) in [7, 11) is 0. The van der Waals surface area contributed by atoms with Crippen LogP contribution in [0.1, 0.15) is 40.0 Å². The molecule has 0 aromatic rings. The van der Waals surface area contributed by atoms with Gasteiger partial charge in [0, 0.05) is 18.0 Å². The lowest BCUT2D eigenvalue weighted by atomic mass is 9.65. The molecule has 1 aliphatic rings. The van der Waals surface area contributed by atoms with Crippen LogP contribution in [-0.2, 0) is 0 Å². The molecule has 1 N–H and O–H groups in total. The van der Waals surface area contributed by atoms with Crippen LogP contribution in [0.4, 0.5) is 0 Å². The van der Waals surface area contributed by atoms with Crippen molar-refractivity contribution in [2.75, 3.05) is 13.1 Å². The Bertz CT molecular complexity index is 353. The van der Waals surface area contributed by atoms with Gasteiger partial charge in [-0.15, -0.1) is 0 Å². The minimum Gasteiger partial charge on any atom is -0.299 e. The third-order valence-electron chi connectivity index (χ3n) is 3.99. The third-order valence-corrected chi connectivity index (χ3v) is 3.99. The Balaban J connectivity index is 2.77. The van der Waals surface area contributed by atoms with Gasteiger partial charge in [-0.05, 0) is 36.1 Å². The highest BCUT2D eigenvalue weighted by atomic mass is 15.1. The maximum Gasteiger partial charge on any atom is 0.110 e. The van der Waals surface area contributed by atoms with Crippen molar-refractivity contribution in [1.82, 2.24) is 5.32 Å². The van der Waals surface area contributed by atoms with Crippen LogP contribution in [0.5, 0.6) is 0 Å². The molecule has 0 bridgehead atoms. The van der Waals surface area contributed by atoms with Gasteiger partial charge >= 0.3 is 0 Å². The number of hydrogen-bond acceptors (Lipinski definition) is 3. The second-order valence-electron chi connectivity index (χ2n) is 5.70. The first-order chi connectivity index (χ1) is 8.55. The monoisotopic (exact) mass is 249 g/mol. The maximum absolute atomic E-state index is 9.62. The van der Waals surface area contributed by atoms with Gasteiger partial charge < -0.3 is 0 Å². The van der Waals surface area contributed by atoms with E-state index in [2.05, 4.69) is 42.2 Å². The zero-order valence-electron chi connectivity index (χ0n) is 11.6. The summed E-state index contributed by atoms with van der Waals surface area (Å²) in [6, 6.07) is 2.51. The van der Waals surface area contributed by atoms with Gasteiger partial charge in [0.2, 0.25) is 0 Å². The first kappa shape index (κ1) is 14.8. The van der Waals surface area contributed by atoms with Crippen molar-refractivity contribution in [1.29, 1.82) is 5.26 Å². The number of nitrogens with one attached hydrogen (secondary N) is 1. The number of hydrogen-bond donors (Lipinski definition) is 1. The van der Waals surface area contributed by atoms with E-state index in [9.17, 15) is 5.26 Å². The van der Waals surface area contributed by atoms with E-state index in [1.165, 1.54) is 6.42 Å². The highest BCUT2D eigenvalue weighted by Gasteiger charge is 2.44. The van der Waals surface area contributed by atoms with Crippen molar-refractivity contribution >= 4 is 0 Å². The van der Waals surface area contributed by atoms with Crippen molar-refractivity contribution in [3.05, 3.63) is 10.4 Å². The average molecular weight is 249 g/mol. The molecule has 5 heteroatoms. The Kier molecular flexibility index (Phi) is 5.46. The first-order valence-corrected chi connectivity index (χ1v) is 6.73. The summed E-state index contributed by atoms with van der Waals surface area (Å²) in [5.41, 5.74) is 7.82. The van der Waals surface area contributed by atoms with Crippen molar-refractivity contribution in [3.63, 3.8) is 0 Å². The molecule has 5 nitrogen and oxygen atoms in total. The van der Waals surface area contributed by atoms with Crippen LogP contribution in [0.2, 0.25) is 0 Å². The van der Waals surface area contributed by atoms with Crippen LogP contribution in [-0.4, -0.2) is 18.6 Å². The van der Waals surface area contributed by atoms with E-state index in [1.54, 1.807) is 0 Å². The summed E-state index contributed by atoms with van der Waals surface area (Å²) >= 11 is 0. The van der Waals surface area contributed by atoms with Crippen LogP contribution in [0, 0.1) is 29.1 Å². The minimum absolute atomic E-state index is 0.379. The molecule has 0 amide bonds. The molecule has 1 fully saturated rings. The van der Waals surface area contributed by atoms with E-state index in [0.29, 0.717) is 30.8 Å². The third kappa shape index (κ3) is 3.38. The van der Waals surface area contributed by atoms with Gasteiger partial charge in [-0.25, -0.2) is 0 Å². The first-order valence-electron chi connectivity index (χ1n) is 6.73. The van der Waals surface area contributed by atoms with Gasteiger partial charge in [-0.2, -0.15) is 5.26 Å². The summed E-state index contributed by atoms with van der Waals surface area (Å²) in [6.07, 6.45) is 3.19. The molecule has 1 aliphatic carbocycles. The molecule has 3 atom stereocenters. The molecule has 0 aromatic heterocycles. The zero-order chi connectivity index (χ0) is 13.6. The van der Waals surface area contributed by atoms with Gasteiger partial charge in [0.25, 0.3) is 0 Å². The smallest absolute Gasteiger partial charge is 0.110 e. The molecule has 0 aromatic carbocycles. The molecule has 0 radical (unpaired) electrons. The maximum atomic E-state index is 9.62. The fourth-order valence-corrected chi connectivity index (χ4v) is 3.16. The minimum atomic E-state index is -0.448. The normalized spacial score (nSPS) is 31.7. The van der Waals surface area contributed by atoms with Crippen molar-refractivity contribution in [2.24, 2.45) is 22.9 Å². The summed E-state index contributed by atoms with van der Waals surface area (Å²) in [4.78, 5) is 2.74. The van der Waals surface area contributed by atoms with Gasteiger partial charge in [0.1, 0.15) is 5.54 Å². The van der Waals surface area contributed by atoms with Crippen LogP contribution in [0.25, 0.3) is 10.4 Å². The molecule has 0 aliphatic heterocycles. The molecule has 1 rings (SSSR count). The SMILES string of the molecule is CC1CCC(C(C)C)C(C#N)(NCCN=[N+]=[N-])C1. The van der Waals surface area contributed by atoms with Gasteiger partial charge in [-0.1, -0.05) is 32.3 Å². The molecule has 1 saturated carbocycles. The van der Waals surface area contributed by atoms with E-state index in [-0.39, 0.29) is 0 Å². The van der Waals surface area contributed by atoms with Crippen LogP contribution in [0.15, 0.2) is 5.11 Å². The molecule has 0 heterocycles. The molecule has 0 spiro atoms. The van der Waals surface area contributed by atoms with E-state index >= 15 is 0 Å². The Morgan fingerprint density at radius 2 is 2.28 bits per heavy atom. The highest BCUT2D eigenvalue weighted by molar-refractivity contribution is 5.14. The summed E-state index contributed by atoms with van der Waals surface area (Å²) in [6.45, 7) is 7.55. The predicted molar refractivity (Wildman–Crippen MR) is 71.7 cm³/mol. The Hall–Kier alpha value is -1.24.